The predicted molar refractivity (Wildman–Crippen MR) is 60.4 cm³/mol. The predicted octanol–water partition coefficient (Wildman–Crippen LogP) is 1.85. The molecule has 0 unspecified atom stereocenters. The van der Waals surface area contributed by atoms with E-state index in [2.05, 4.69) is 10.4 Å². The third-order valence-electron chi connectivity index (χ3n) is 3.16. The molecule has 0 atom stereocenters. The Morgan fingerprint density at radius 1 is 1.62 bits per heavy atom. The first kappa shape index (κ1) is 10.9. The molecule has 0 amide bonds. The van der Waals surface area contributed by atoms with E-state index in [1.165, 1.54) is 19.3 Å². The second kappa shape index (κ2) is 4.11. The summed E-state index contributed by atoms with van der Waals surface area (Å²) in [5.74, 6) is 1.18. The molecular weight excluding hydrogens is 208 g/mol. The fourth-order valence-corrected chi connectivity index (χ4v) is 2.00. The van der Waals surface area contributed by atoms with Crippen LogP contribution in [0.2, 0.25) is 0 Å². The van der Waals surface area contributed by atoms with Crippen molar-refractivity contribution in [3.05, 3.63) is 15.8 Å². The number of hydrogen-bond donors (Lipinski definition) is 1. The maximum atomic E-state index is 10.9. The van der Waals surface area contributed by atoms with Gasteiger partial charge in [-0.05, 0) is 25.7 Å². The minimum Gasteiger partial charge on any atom is -0.364 e. The lowest BCUT2D eigenvalue weighted by Crippen LogP contribution is -2.22. The number of rotatable bonds is 4. The fraction of sp³-hybridized carbons (Fsp3) is 0.700. The molecule has 6 heteroatoms. The highest BCUT2D eigenvalue weighted by molar-refractivity contribution is 5.59. The van der Waals surface area contributed by atoms with Crippen molar-refractivity contribution in [3.8, 4) is 0 Å². The lowest BCUT2D eigenvalue weighted by atomic mass is 9.85. The molecule has 0 bridgehead atoms. The molecule has 1 aliphatic rings. The largest absolute Gasteiger partial charge is 0.364 e. The molecule has 1 aromatic rings. The van der Waals surface area contributed by atoms with Crippen molar-refractivity contribution in [1.82, 2.24) is 9.78 Å². The van der Waals surface area contributed by atoms with Crippen LogP contribution in [0, 0.1) is 23.0 Å². The van der Waals surface area contributed by atoms with E-state index in [9.17, 15) is 10.1 Å². The Hall–Kier alpha value is -1.59. The molecule has 1 fully saturated rings. The highest BCUT2D eigenvalue weighted by Crippen LogP contribution is 2.30. The summed E-state index contributed by atoms with van der Waals surface area (Å²) < 4.78 is 1.55. The van der Waals surface area contributed by atoms with Gasteiger partial charge in [-0.25, -0.2) is 4.68 Å². The average Bonchev–Trinajstić information content (AvgIpc) is 2.38. The van der Waals surface area contributed by atoms with E-state index in [1.54, 1.807) is 18.7 Å². The molecule has 16 heavy (non-hydrogen) atoms. The van der Waals surface area contributed by atoms with Crippen molar-refractivity contribution in [2.24, 2.45) is 13.0 Å². The molecule has 2 rings (SSSR count). The zero-order chi connectivity index (χ0) is 11.7. The van der Waals surface area contributed by atoms with Gasteiger partial charge in [0, 0.05) is 13.6 Å². The van der Waals surface area contributed by atoms with Crippen LogP contribution in [0.15, 0.2) is 0 Å². The van der Waals surface area contributed by atoms with Gasteiger partial charge in [0.05, 0.1) is 4.92 Å². The van der Waals surface area contributed by atoms with E-state index in [0.717, 1.165) is 6.54 Å². The van der Waals surface area contributed by atoms with Gasteiger partial charge in [0.2, 0.25) is 5.82 Å². The van der Waals surface area contributed by atoms with Crippen LogP contribution >= 0.6 is 0 Å². The summed E-state index contributed by atoms with van der Waals surface area (Å²) in [6.07, 6.45) is 3.72. The van der Waals surface area contributed by atoms with E-state index >= 15 is 0 Å². The maximum absolute atomic E-state index is 10.9. The Labute approximate surface area is 93.8 Å². The van der Waals surface area contributed by atoms with Gasteiger partial charge in [-0.15, -0.1) is 0 Å². The van der Waals surface area contributed by atoms with Gasteiger partial charge >= 0.3 is 5.69 Å². The van der Waals surface area contributed by atoms with Crippen molar-refractivity contribution >= 4 is 11.5 Å². The summed E-state index contributed by atoms with van der Waals surface area (Å²) in [7, 11) is 1.73. The van der Waals surface area contributed by atoms with Gasteiger partial charge in [-0.2, -0.15) is 5.10 Å². The van der Waals surface area contributed by atoms with E-state index < -0.39 is 0 Å². The average molecular weight is 224 g/mol. The molecule has 1 aromatic heterocycles. The topological polar surface area (TPSA) is 73.0 Å². The van der Waals surface area contributed by atoms with Crippen molar-refractivity contribution in [2.45, 2.75) is 26.2 Å². The van der Waals surface area contributed by atoms with Crippen LogP contribution in [0.25, 0.3) is 0 Å². The number of nitrogens with zero attached hydrogens (tertiary/aromatic N) is 3. The highest BCUT2D eigenvalue weighted by atomic mass is 16.6. The lowest BCUT2D eigenvalue weighted by Gasteiger charge is -2.25. The quantitative estimate of drug-likeness (QED) is 0.625. The molecular formula is C10H16N4O2. The summed E-state index contributed by atoms with van der Waals surface area (Å²) >= 11 is 0. The number of hydrogen-bond acceptors (Lipinski definition) is 4. The smallest absolute Gasteiger partial charge is 0.333 e. The van der Waals surface area contributed by atoms with Crippen LogP contribution in [-0.2, 0) is 7.05 Å². The molecule has 0 aromatic carbocycles. The van der Waals surface area contributed by atoms with Crippen LogP contribution < -0.4 is 5.32 Å². The minimum atomic E-state index is -0.370. The van der Waals surface area contributed by atoms with Gasteiger partial charge in [-0.3, -0.25) is 10.1 Å². The number of aryl methyl sites for hydroxylation is 2. The number of nitro groups is 1. The fourth-order valence-electron chi connectivity index (χ4n) is 2.00. The van der Waals surface area contributed by atoms with Crippen LogP contribution in [-0.4, -0.2) is 21.2 Å². The summed E-state index contributed by atoms with van der Waals surface area (Å²) in [4.78, 5) is 10.5. The Kier molecular flexibility index (Phi) is 2.80. The van der Waals surface area contributed by atoms with E-state index in [-0.39, 0.29) is 10.6 Å². The summed E-state index contributed by atoms with van der Waals surface area (Å²) in [5, 5.41) is 18.1. The number of anilines is 1. The monoisotopic (exact) mass is 224 g/mol. The molecule has 0 saturated heterocycles. The third-order valence-corrected chi connectivity index (χ3v) is 3.16. The molecule has 0 aliphatic heterocycles. The number of aromatic nitrogens is 2. The SMILES string of the molecule is Cc1nn(C)c(NCC2CCC2)c1[N+](=O)[O-]. The molecule has 1 saturated carbocycles. The van der Waals surface area contributed by atoms with Gasteiger partial charge in [0.1, 0.15) is 5.69 Å². The first-order valence-corrected chi connectivity index (χ1v) is 5.51. The van der Waals surface area contributed by atoms with Crippen LogP contribution in [0.4, 0.5) is 11.5 Å². The van der Waals surface area contributed by atoms with Crippen molar-refractivity contribution in [1.29, 1.82) is 0 Å². The van der Waals surface area contributed by atoms with Crippen LogP contribution in [0.5, 0.6) is 0 Å². The minimum absolute atomic E-state index is 0.0989. The Morgan fingerprint density at radius 2 is 2.31 bits per heavy atom. The highest BCUT2D eigenvalue weighted by Gasteiger charge is 2.25. The van der Waals surface area contributed by atoms with Crippen molar-refractivity contribution in [2.75, 3.05) is 11.9 Å². The van der Waals surface area contributed by atoms with Crippen molar-refractivity contribution < 1.29 is 4.92 Å². The normalized spacial score (nSPS) is 15.9. The molecule has 0 radical (unpaired) electrons. The molecule has 1 N–H and O–H groups in total. The molecule has 6 nitrogen and oxygen atoms in total. The van der Waals surface area contributed by atoms with Gasteiger partial charge in [0.15, 0.2) is 0 Å². The molecule has 0 spiro atoms. The Bertz CT molecular complexity index is 409. The maximum Gasteiger partial charge on any atom is 0.333 e. The van der Waals surface area contributed by atoms with Crippen LogP contribution in [0.1, 0.15) is 25.0 Å². The first-order chi connectivity index (χ1) is 7.59. The first-order valence-electron chi connectivity index (χ1n) is 5.51. The second-order valence-corrected chi connectivity index (χ2v) is 4.34. The zero-order valence-electron chi connectivity index (χ0n) is 9.56. The van der Waals surface area contributed by atoms with Gasteiger partial charge < -0.3 is 5.32 Å². The Balaban J connectivity index is 2.14. The zero-order valence-corrected chi connectivity index (χ0v) is 9.56. The summed E-state index contributed by atoms with van der Waals surface area (Å²) in [6.45, 7) is 2.46. The van der Waals surface area contributed by atoms with Gasteiger partial charge in [-0.1, -0.05) is 6.42 Å². The summed E-state index contributed by atoms with van der Waals surface area (Å²) in [5.41, 5.74) is 0.561. The molecule has 1 aliphatic carbocycles. The third kappa shape index (κ3) is 1.87. The van der Waals surface area contributed by atoms with E-state index in [0.29, 0.717) is 17.4 Å². The molecule has 88 valence electrons. The molecule has 1 heterocycles. The Morgan fingerprint density at radius 3 is 2.81 bits per heavy atom. The van der Waals surface area contributed by atoms with Gasteiger partial charge in [0.25, 0.3) is 0 Å². The lowest BCUT2D eigenvalue weighted by molar-refractivity contribution is -0.384. The van der Waals surface area contributed by atoms with E-state index in [4.69, 9.17) is 0 Å². The standard InChI is InChI=1S/C10H16N4O2/c1-7-9(14(15)16)10(13(2)12-7)11-6-8-4-3-5-8/h8,11H,3-6H2,1-2H3. The van der Waals surface area contributed by atoms with Crippen LogP contribution in [0.3, 0.4) is 0 Å². The van der Waals surface area contributed by atoms with E-state index in [1.807, 2.05) is 0 Å². The second-order valence-electron chi connectivity index (χ2n) is 4.34. The summed E-state index contributed by atoms with van der Waals surface area (Å²) in [6, 6.07) is 0. The van der Waals surface area contributed by atoms with Crippen molar-refractivity contribution in [3.63, 3.8) is 0 Å². The number of nitrogens with one attached hydrogen (secondary N) is 1.